The first-order chi connectivity index (χ1) is 9.69. The number of alkyl halides is 3. The van der Waals surface area contributed by atoms with Crippen LogP contribution in [0.2, 0.25) is 5.02 Å². The number of hydrogen-bond acceptors (Lipinski definition) is 3. The lowest BCUT2D eigenvalue weighted by molar-refractivity contribution is -0.297. The minimum Gasteiger partial charge on any atom is -0.362 e. The van der Waals surface area contributed by atoms with E-state index in [4.69, 9.17) is 11.6 Å². The van der Waals surface area contributed by atoms with Crippen molar-refractivity contribution in [3.05, 3.63) is 34.9 Å². The first kappa shape index (κ1) is 15.8. The van der Waals surface area contributed by atoms with Crippen molar-refractivity contribution in [1.29, 1.82) is 0 Å². The Bertz CT molecular complexity index is 603. The number of aliphatic hydroxyl groups is 1. The van der Waals surface area contributed by atoms with Crippen LogP contribution in [0.5, 0.6) is 0 Å². The van der Waals surface area contributed by atoms with E-state index in [1.807, 2.05) is 0 Å². The number of hydrazone groups is 1. The Kier molecular flexibility index (Phi) is 3.99. The predicted octanol–water partition coefficient (Wildman–Crippen LogP) is 3.20. The summed E-state index contributed by atoms with van der Waals surface area (Å²) < 4.78 is 39.4. The molecule has 0 aromatic heterocycles. The van der Waals surface area contributed by atoms with Gasteiger partial charge in [-0.25, -0.2) is 0 Å². The Morgan fingerprint density at radius 3 is 2.71 bits per heavy atom. The zero-order valence-electron chi connectivity index (χ0n) is 11.0. The standard InChI is InChI=1S/C13H12ClF3N2O2/c1-2-10-7-12(21,13(15,16)17)19(18-10)11(20)8-4-3-5-9(14)6-8/h3-6,21H,2,7H2,1H3. The second-order valence-electron chi connectivity index (χ2n) is 4.64. The van der Waals surface area contributed by atoms with E-state index in [0.29, 0.717) is 0 Å². The summed E-state index contributed by atoms with van der Waals surface area (Å²) >= 11 is 5.72. The molecule has 1 aromatic rings. The van der Waals surface area contributed by atoms with Crippen molar-refractivity contribution in [3.8, 4) is 0 Å². The maximum absolute atomic E-state index is 13.1. The molecule has 1 atom stereocenters. The van der Waals surface area contributed by atoms with E-state index in [9.17, 15) is 23.1 Å². The molecule has 0 saturated carbocycles. The van der Waals surface area contributed by atoms with E-state index in [1.165, 1.54) is 24.3 Å². The molecule has 1 N–H and O–H groups in total. The van der Waals surface area contributed by atoms with Crippen molar-refractivity contribution in [2.75, 3.05) is 0 Å². The number of halogens is 4. The number of benzene rings is 1. The molecule has 114 valence electrons. The molecule has 1 aliphatic rings. The topological polar surface area (TPSA) is 52.9 Å². The van der Waals surface area contributed by atoms with Crippen LogP contribution in [0.25, 0.3) is 0 Å². The van der Waals surface area contributed by atoms with E-state index in [1.54, 1.807) is 6.92 Å². The highest BCUT2D eigenvalue weighted by Crippen LogP contribution is 2.41. The van der Waals surface area contributed by atoms with Gasteiger partial charge in [-0.05, 0) is 24.6 Å². The lowest BCUT2D eigenvalue weighted by atomic mass is 10.0. The van der Waals surface area contributed by atoms with Gasteiger partial charge in [-0.3, -0.25) is 4.79 Å². The molecular weight excluding hydrogens is 309 g/mol. The van der Waals surface area contributed by atoms with Crippen molar-refractivity contribution < 1.29 is 23.1 Å². The predicted molar refractivity (Wildman–Crippen MR) is 71.0 cm³/mol. The Morgan fingerprint density at radius 2 is 2.19 bits per heavy atom. The fourth-order valence-corrected chi connectivity index (χ4v) is 2.18. The maximum atomic E-state index is 13.1. The average molecular weight is 321 g/mol. The Balaban J connectivity index is 2.43. The van der Waals surface area contributed by atoms with Crippen molar-refractivity contribution in [3.63, 3.8) is 0 Å². The lowest BCUT2D eigenvalue weighted by Gasteiger charge is -2.32. The monoisotopic (exact) mass is 320 g/mol. The summed E-state index contributed by atoms with van der Waals surface area (Å²) in [7, 11) is 0. The van der Waals surface area contributed by atoms with E-state index in [-0.39, 0.29) is 27.7 Å². The second kappa shape index (κ2) is 5.31. The minimum atomic E-state index is -5.01. The molecular formula is C13H12ClF3N2O2. The van der Waals surface area contributed by atoms with Crippen LogP contribution >= 0.6 is 11.6 Å². The van der Waals surface area contributed by atoms with E-state index in [2.05, 4.69) is 5.10 Å². The van der Waals surface area contributed by atoms with Gasteiger partial charge in [-0.2, -0.15) is 23.3 Å². The number of amides is 1. The van der Waals surface area contributed by atoms with Gasteiger partial charge < -0.3 is 5.11 Å². The van der Waals surface area contributed by atoms with Crippen LogP contribution in [-0.4, -0.2) is 33.6 Å². The smallest absolute Gasteiger partial charge is 0.362 e. The number of carbonyl (C=O) groups excluding carboxylic acids is 1. The highest BCUT2D eigenvalue weighted by atomic mass is 35.5. The van der Waals surface area contributed by atoms with Crippen molar-refractivity contribution >= 4 is 23.2 Å². The molecule has 1 aromatic carbocycles. The molecule has 2 rings (SSSR count). The van der Waals surface area contributed by atoms with E-state index < -0.39 is 24.2 Å². The number of nitrogens with zero attached hydrogens (tertiary/aromatic N) is 2. The molecule has 0 spiro atoms. The third-order valence-electron chi connectivity index (χ3n) is 3.17. The van der Waals surface area contributed by atoms with Gasteiger partial charge in [-0.1, -0.05) is 24.6 Å². The van der Waals surface area contributed by atoms with Gasteiger partial charge in [0.25, 0.3) is 11.6 Å². The molecule has 21 heavy (non-hydrogen) atoms. The fourth-order valence-electron chi connectivity index (χ4n) is 1.99. The van der Waals surface area contributed by atoms with Gasteiger partial charge in [0.2, 0.25) is 0 Å². The third kappa shape index (κ3) is 2.75. The van der Waals surface area contributed by atoms with Gasteiger partial charge in [0, 0.05) is 22.7 Å². The molecule has 0 bridgehead atoms. The third-order valence-corrected chi connectivity index (χ3v) is 3.40. The van der Waals surface area contributed by atoms with Crippen molar-refractivity contribution in [1.82, 2.24) is 5.01 Å². The average Bonchev–Trinajstić information content (AvgIpc) is 2.76. The van der Waals surface area contributed by atoms with Crippen molar-refractivity contribution in [2.24, 2.45) is 5.10 Å². The number of carbonyl (C=O) groups is 1. The van der Waals surface area contributed by atoms with Crippen LogP contribution in [0.3, 0.4) is 0 Å². The van der Waals surface area contributed by atoms with Gasteiger partial charge in [0.1, 0.15) is 0 Å². The molecule has 0 saturated heterocycles. The molecule has 1 aliphatic heterocycles. The molecule has 0 radical (unpaired) electrons. The zero-order valence-corrected chi connectivity index (χ0v) is 11.7. The molecule has 1 amide bonds. The fraction of sp³-hybridized carbons (Fsp3) is 0.385. The molecule has 8 heteroatoms. The summed E-state index contributed by atoms with van der Waals surface area (Å²) in [5, 5.41) is 13.8. The highest BCUT2D eigenvalue weighted by Gasteiger charge is 2.63. The van der Waals surface area contributed by atoms with Gasteiger partial charge in [-0.15, -0.1) is 0 Å². The largest absolute Gasteiger partial charge is 0.438 e. The van der Waals surface area contributed by atoms with Gasteiger partial charge in [0.05, 0.1) is 0 Å². The van der Waals surface area contributed by atoms with Gasteiger partial charge >= 0.3 is 6.18 Å². The summed E-state index contributed by atoms with van der Waals surface area (Å²) in [5.41, 5.74) is -3.30. The molecule has 0 fully saturated rings. The summed E-state index contributed by atoms with van der Waals surface area (Å²) in [6, 6.07) is 5.45. The summed E-state index contributed by atoms with van der Waals surface area (Å²) in [6.07, 6.45) is -5.56. The summed E-state index contributed by atoms with van der Waals surface area (Å²) in [5.74, 6) is -1.05. The highest BCUT2D eigenvalue weighted by molar-refractivity contribution is 6.31. The van der Waals surface area contributed by atoms with Crippen molar-refractivity contribution in [2.45, 2.75) is 31.7 Å². The van der Waals surface area contributed by atoms with Crippen LogP contribution < -0.4 is 0 Å². The quantitative estimate of drug-likeness (QED) is 0.909. The first-order valence-corrected chi connectivity index (χ1v) is 6.52. The van der Waals surface area contributed by atoms with Crippen LogP contribution in [0.4, 0.5) is 13.2 Å². The molecule has 1 heterocycles. The number of rotatable bonds is 2. The van der Waals surface area contributed by atoms with Crippen LogP contribution in [0.15, 0.2) is 29.4 Å². The summed E-state index contributed by atoms with van der Waals surface area (Å²) in [4.78, 5) is 12.2. The van der Waals surface area contributed by atoms with Crippen LogP contribution in [0, 0.1) is 0 Å². The van der Waals surface area contributed by atoms with E-state index >= 15 is 0 Å². The molecule has 0 aliphatic carbocycles. The molecule has 1 unspecified atom stereocenters. The SMILES string of the molecule is CCC1=NN(C(=O)c2cccc(Cl)c2)C(O)(C(F)(F)F)C1. The Labute approximate surface area is 123 Å². The minimum absolute atomic E-state index is 0.0775. The lowest BCUT2D eigenvalue weighted by Crippen LogP contribution is -2.56. The number of hydrogen-bond donors (Lipinski definition) is 1. The zero-order chi connectivity index (χ0) is 15.8. The summed E-state index contributed by atoms with van der Waals surface area (Å²) in [6.45, 7) is 1.60. The normalized spacial score (nSPS) is 22.4. The molecule has 4 nitrogen and oxygen atoms in total. The maximum Gasteiger partial charge on any atom is 0.438 e. The Morgan fingerprint density at radius 1 is 1.52 bits per heavy atom. The second-order valence-corrected chi connectivity index (χ2v) is 5.07. The van der Waals surface area contributed by atoms with Crippen LogP contribution in [0.1, 0.15) is 30.1 Å². The first-order valence-electron chi connectivity index (χ1n) is 6.14. The van der Waals surface area contributed by atoms with Crippen LogP contribution in [-0.2, 0) is 0 Å². The van der Waals surface area contributed by atoms with E-state index in [0.717, 1.165) is 0 Å². The Hall–Kier alpha value is -1.60. The van der Waals surface area contributed by atoms with Gasteiger partial charge in [0.15, 0.2) is 0 Å².